The van der Waals surface area contributed by atoms with E-state index in [0.717, 1.165) is 35.7 Å². The predicted molar refractivity (Wildman–Crippen MR) is 85.6 cm³/mol. The van der Waals surface area contributed by atoms with Crippen LogP contribution in [0.3, 0.4) is 0 Å². The molecule has 0 bridgehead atoms. The zero-order valence-electron chi connectivity index (χ0n) is 11.6. The molecule has 3 rings (SSSR count). The number of anilines is 1. The van der Waals surface area contributed by atoms with Gasteiger partial charge < -0.3 is 10.2 Å². The Morgan fingerprint density at radius 1 is 1.10 bits per heavy atom. The molecule has 3 nitrogen and oxygen atoms in total. The highest BCUT2D eigenvalue weighted by Crippen LogP contribution is 2.32. The third-order valence-corrected chi connectivity index (χ3v) is 4.05. The van der Waals surface area contributed by atoms with Crippen LogP contribution < -0.4 is 5.32 Å². The van der Waals surface area contributed by atoms with Crippen LogP contribution in [0.25, 0.3) is 0 Å². The molecule has 0 saturated carbocycles. The predicted octanol–water partition coefficient (Wildman–Crippen LogP) is 4.71. The molecule has 2 aromatic rings. The number of rotatable bonds is 2. The van der Waals surface area contributed by atoms with E-state index in [4.69, 9.17) is 11.6 Å². The van der Waals surface area contributed by atoms with E-state index in [2.05, 4.69) is 5.32 Å². The highest BCUT2D eigenvalue weighted by molar-refractivity contribution is 6.30. The van der Waals surface area contributed by atoms with Gasteiger partial charge in [0.15, 0.2) is 0 Å². The summed E-state index contributed by atoms with van der Waals surface area (Å²) >= 11 is 5.93. The molecule has 1 atom stereocenters. The number of halogens is 1. The largest absolute Gasteiger partial charge is 0.322 e. The van der Waals surface area contributed by atoms with E-state index in [0.29, 0.717) is 0 Å². The third-order valence-electron chi connectivity index (χ3n) is 3.79. The molecule has 4 heteroatoms. The van der Waals surface area contributed by atoms with Crippen molar-refractivity contribution in [1.29, 1.82) is 0 Å². The van der Waals surface area contributed by atoms with Crippen molar-refractivity contribution in [3.8, 4) is 0 Å². The van der Waals surface area contributed by atoms with Crippen LogP contribution in [0.1, 0.15) is 24.4 Å². The smallest absolute Gasteiger partial charge is 0.317 e. The second-order valence-electron chi connectivity index (χ2n) is 5.20. The van der Waals surface area contributed by atoms with E-state index < -0.39 is 0 Å². The van der Waals surface area contributed by atoms with Crippen molar-refractivity contribution in [2.24, 2.45) is 0 Å². The van der Waals surface area contributed by atoms with E-state index in [-0.39, 0.29) is 12.1 Å². The summed E-state index contributed by atoms with van der Waals surface area (Å²) in [6.45, 7) is 0.784. The van der Waals surface area contributed by atoms with Crippen molar-refractivity contribution >= 4 is 23.3 Å². The molecule has 0 unspecified atom stereocenters. The van der Waals surface area contributed by atoms with Crippen molar-refractivity contribution in [3.63, 3.8) is 0 Å². The Labute approximate surface area is 129 Å². The second-order valence-corrected chi connectivity index (χ2v) is 5.64. The minimum Gasteiger partial charge on any atom is -0.317 e. The molecule has 2 aromatic carbocycles. The van der Waals surface area contributed by atoms with Gasteiger partial charge in [-0.15, -0.1) is 0 Å². The fourth-order valence-electron chi connectivity index (χ4n) is 2.76. The number of carbonyl (C=O) groups is 1. The van der Waals surface area contributed by atoms with Gasteiger partial charge in [-0.05, 0) is 42.7 Å². The van der Waals surface area contributed by atoms with Crippen molar-refractivity contribution in [2.45, 2.75) is 18.9 Å². The highest BCUT2D eigenvalue weighted by atomic mass is 35.5. The van der Waals surface area contributed by atoms with Crippen LogP contribution in [0, 0.1) is 0 Å². The van der Waals surface area contributed by atoms with Gasteiger partial charge in [-0.1, -0.05) is 41.9 Å². The first kappa shape index (κ1) is 14.0. The van der Waals surface area contributed by atoms with Gasteiger partial charge in [-0.25, -0.2) is 4.79 Å². The Morgan fingerprint density at radius 2 is 1.81 bits per heavy atom. The summed E-state index contributed by atoms with van der Waals surface area (Å²) in [5.41, 5.74) is 1.96. The van der Waals surface area contributed by atoms with Crippen LogP contribution in [0.5, 0.6) is 0 Å². The van der Waals surface area contributed by atoms with Gasteiger partial charge in [-0.2, -0.15) is 0 Å². The molecule has 1 aliphatic rings. The van der Waals surface area contributed by atoms with Crippen LogP contribution >= 0.6 is 11.6 Å². The second kappa shape index (κ2) is 6.19. The molecule has 1 aliphatic heterocycles. The summed E-state index contributed by atoms with van der Waals surface area (Å²) in [4.78, 5) is 14.4. The van der Waals surface area contributed by atoms with E-state index in [1.807, 2.05) is 59.5 Å². The summed E-state index contributed by atoms with van der Waals surface area (Å²) < 4.78 is 0. The molecule has 1 fully saturated rings. The van der Waals surface area contributed by atoms with Gasteiger partial charge in [-0.3, -0.25) is 0 Å². The number of likely N-dealkylation sites (tertiary alicyclic amines) is 1. The molecule has 1 saturated heterocycles. The monoisotopic (exact) mass is 300 g/mol. The number of carbonyl (C=O) groups excluding carboxylic acids is 1. The number of hydrogen-bond acceptors (Lipinski definition) is 1. The number of para-hydroxylation sites is 1. The normalized spacial score (nSPS) is 17.8. The van der Waals surface area contributed by atoms with E-state index in [9.17, 15) is 4.79 Å². The fourth-order valence-corrected chi connectivity index (χ4v) is 2.88. The standard InChI is InChI=1S/C17H17ClN2O/c18-14-10-8-13(9-11-14)16-7-4-12-20(16)17(21)19-15-5-2-1-3-6-15/h1-3,5-6,8-11,16H,4,7,12H2,(H,19,21)/t16-/m0/s1. The summed E-state index contributed by atoms with van der Waals surface area (Å²) in [7, 11) is 0. The van der Waals surface area contributed by atoms with Crippen LogP contribution in [-0.2, 0) is 0 Å². The summed E-state index contributed by atoms with van der Waals surface area (Å²) in [5, 5.41) is 3.68. The van der Waals surface area contributed by atoms with Gasteiger partial charge >= 0.3 is 6.03 Å². The quantitative estimate of drug-likeness (QED) is 0.856. The molecule has 1 heterocycles. The maximum absolute atomic E-state index is 12.5. The Balaban J connectivity index is 1.74. The van der Waals surface area contributed by atoms with E-state index in [1.165, 1.54) is 0 Å². The average molecular weight is 301 g/mol. The lowest BCUT2D eigenvalue weighted by Crippen LogP contribution is -2.34. The van der Waals surface area contributed by atoms with E-state index in [1.54, 1.807) is 0 Å². The minimum atomic E-state index is -0.0429. The first-order valence-corrected chi connectivity index (χ1v) is 7.50. The Bertz CT molecular complexity index is 612. The number of amides is 2. The SMILES string of the molecule is O=C(Nc1ccccc1)N1CCC[C@H]1c1ccc(Cl)cc1. The van der Waals surface area contributed by atoms with E-state index >= 15 is 0 Å². The Kier molecular flexibility index (Phi) is 4.11. The molecular weight excluding hydrogens is 284 g/mol. The third kappa shape index (κ3) is 3.19. The molecule has 0 spiro atoms. The lowest BCUT2D eigenvalue weighted by molar-refractivity contribution is 0.207. The molecular formula is C17H17ClN2O. The molecule has 0 radical (unpaired) electrons. The maximum atomic E-state index is 12.5. The van der Waals surface area contributed by atoms with Crippen LogP contribution in [0.15, 0.2) is 54.6 Å². The van der Waals surface area contributed by atoms with Gasteiger partial charge in [0.25, 0.3) is 0 Å². The van der Waals surface area contributed by atoms with Gasteiger partial charge in [0.2, 0.25) is 0 Å². The van der Waals surface area contributed by atoms with Crippen molar-refractivity contribution in [3.05, 3.63) is 65.2 Å². The highest BCUT2D eigenvalue weighted by Gasteiger charge is 2.29. The molecule has 21 heavy (non-hydrogen) atoms. The molecule has 108 valence electrons. The van der Waals surface area contributed by atoms with Gasteiger partial charge in [0.05, 0.1) is 6.04 Å². The first-order chi connectivity index (χ1) is 10.2. The fraction of sp³-hybridized carbons (Fsp3) is 0.235. The summed E-state index contributed by atoms with van der Waals surface area (Å²) in [5.74, 6) is 0. The molecule has 2 amide bonds. The lowest BCUT2D eigenvalue weighted by Gasteiger charge is -2.25. The first-order valence-electron chi connectivity index (χ1n) is 7.12. The minimum absolute atomic E-state index is 0.0429. The number of nitrogens with one attached hydrogen (secondary N) is 1. The average Bonchev–Trinajstić information content (AvgIpc) is 2.98. The summed E-state index contributed by atoms with van der Waals surface area (Å²) in [6.07, 6.45) is 2.01. The number of nitrogens with zero attached hydrogens (tertiary/aromatic N) is 1. The molecule has 0 aromatic heterocycles. The Morgan fingerprint density at radius 3 is 2.52 bits per heavy atom. The molecule has 1 N–H and O–H groups in total. The zero-order chi connectivity index (χ0) is 14.7. The van der Waals surface area contributed by atoms with Crippen LogP contribution in [0.4, 0.5) is 10.5 Å². The van der Waals surface area contributed by atoms with Crippen LogP contribution in [-0.4, -0.2) is 17.5 Å². The summed E-state index contributed by atoms with van der Waals surface area (Å²) in [6, 6.07) is 17.4. The van der Waals surface area contributed by atoms with Crippen molar-refractivity contribution < 1.29 is 4.79 Å². The number of urea groups is 1. The van der Waals surface area contributed by atoms with Gasteiger partial charge in [0.1, 0.15) is 0 Å². The topological polar surface area (TPSA) is 32.3 Å². The zero-order valence-corrected chi connectivity index (χ0v) is 12.4. The number of benzene rings is 2. The van der Waals surface area contributed by atoms with Gasteiger partial charge in [0, 0.05) is 17.3 Å². The molecule has 0 aliphatic carbocycles. The lowest BCUT2D eigenvalue weighted by atomic mass is 10.1. The van der Waals surface area contributed by atoms with Crippen molar-refractivity contribution in [2.75, 3.05) is 11.9 Å². The van der Waals surface area contributed by atoms with Crippen LogP contribution in [0.2, 0.25) is 5.02 Å². The Hall–Kier alpha value is -2.00. The maximum Gasteiger partial charge on any atom is 0.322 e. The number of hydrogen-bond donors (Lipinski definition) is 1. The van der Waals surface area contributed by atoms with Crippen molar-refractivity contribution in [1.82, 2.24) is 4.90 Å².